The molecular weight excluding hydrogens is 477 g/mol. The Morgan fingerprint density at radius 1 is 1.00 bits per heavy atom. The molecule has 3 fully saturated rings. The van der Waals surface area contributed by atoms with E-state index >= 15 is 0 Å². The highest BCUT2D eigenvalue weighted by atomic mass is 19.4. The number of imide groups is 1. The SMILES string of the molecule is O=C(CNc1ncnc2ccc(C(F)(F)F)cc12)NC1CN([C@H]2CC[C@@H](N3C(=O)CCC3=O)CC2)C1. The van der Waals surface area contributed by atoms with Crippen molar-refractivity contribution in [2.45, 2.75) is 62.8 Å². The van der Waals surface area contributed by atoms with Gasteiger partial charge in [0, 0.05) is 43.4 Å². The van der Waals surface area contributed by atoms with Crippen molar-refractivity contribution < 1.29 is 27.6 Å². The Morgan fingerprint density at radius 3 is 2.33 bits per heavy atom. The lowest BCUT2D eigenvalue weighted by atomic mass is 9.87. The fourth-order valence-electron chi connectivity index (χ4n) is 5.40. The number of fused-ring (bicyclic) bond motifs is 1. The first-order valence-electron chi connectivity index (χ1n) is 12.1. The van der Waals surface area contributed by atoms with Gasteiger partial charge in [0.05, 0.1) is 23.7 Å². The summed E-state index contributed by atoms with van der Waals surface area (Å²) >= 11 is 0. The number of amides is 3. The predicted molar refractivity (Wildman–Crippen MR) is 124 cm³/mol. The van der Waals surface area contributed by atoms with Crippen LogP contribution in [0.15, 0.2) is 24.5 Å². The van der Waals surface area contributed by atoms with Gasteiger partial charge in [0.25, 0.3) is 0 Å². The molecule has 3 aliphatic rings. The summed E-state index contributed by atoms with van der Waals surface area (Å²) in [6, 6.07) is 3.60. The molecule has 3 amide bonds. The molecule has 12 heteroatoms. The number of likely N-dealkylation sites (tertiary alicyclic amines) is 2. The third-order valence-corrected chi connectivity index (χ3v) is 7.29. The van der Waals surface area contributed by atoms with Gasteiger partial charge in [-0.05, 0) is 43.9 Å². The second-order valence-electron chi connectivity index (χ2n) is 9.64. The topological polar surface area (TPSA) is 108 Å². The molecule has 1 aromatic heterocycles. The lowest BCUT2D eigenvalue weighted by Gasteiger charge is -2.47. The molecule has 2 N–H and O–H groups in total. The Bertz CT molecular complexity index is 1160. The van der Waals surface area contributed by atoms with Gasteiger partial charge in [-0.3, -0.25) is 24.2 Å². The van der Waals surface area contributed by atoms with Gasteiger partial charge in [-0.25, -0.2) is 9.97 Å². The summed E-state index contributed by atoms with van der Waals surface area (Å²) in [5.74, 6) is -0.213. The van der Waals surface area contributed by atoms with Crippen LogP contribution in [0.2, 0.25) is 0 Å². The summed E-state index contributed by atoms with van der Waals surface area (Å²) in [4.78, 5) is 48.1. The highest BCUT2D eigenvalue weighted by Crippen LogP contribution is 2.33. The van der Waals surface area contributed by atoms with Crippen molar-refractivity contribution in [1.29, 1.82) is 0 Å². The average Bonchev–Trinajstić information content (AvgIpc) is 3.16. The van der Waals surface area contributed by atoms with E-state index in [1.54, 1.807) is 0 Å². The van der Waals surface area contributed by atoms with Crippen LogP contribution in [0, 0.1) is 0 Å². The normalized spacial score (nSPS) is 23.7. The van der Waals surface area contributed by atoms with Crippen molar-refractivity contribution in [3.05, 3.63) is 30.1 Å². The largest absolute Gasteiger partial charge is 0.416 e. The number of carbonyl (C=O) groups excluding carboxylic acids is 3. The molecule has 36 heavy (non-hydrogen) atoms. The van der Waals surface area contributed by atoms with Crippen LogP contribution >= 0.6 is 0 Å². The maximum atomic E-state index is 13.1. The van der Waals surface area contributed by atoms with Crippen LogP contribution in [0.25, 0.3) is 10.9 Å². The van der Waals surface area contributed by atoms with Crippen LogP contribution in [0.5, 0.6) is 0 Å². The molecular formula is C24H27F3N6O3. The highest BCUT2D eigenvalue weighted by molar-refractivity contribution is 6.02. The van der Waals surface area contributed by atoms with E-state index in [2.05, 4.69) is 25.5 Å². The molecule has 2 aromatic rings. The van der Waals surface area contributed by atoms with Gasteiger partial charge in [-0.15, -0.1) is 0 Å². The number of anilines is 1. The van der Waals surface area contributed by atoms with E-state index in [-0.39, 0.29) is 47.6 Å². The van der Waals surface area contributed by atoms with Gasteiger partial charge in [-0.2, -0.15) is 13.2 Å². The van der Waals surface area contributed by atoms with Gasteiger partial charge in [-0.1, -0.05) is 0 Å². The number of rotatable bonds is 6. The monoisotopic (exact) mass is 504 g/mol. The number of nitrogens with one attached hydrogen (secondary N) is 2. The van der Waals surface area contributed by atoms with Crippen molar-refractivity contribution in [3.63, 3.8) is 0 Å². The van der Waals surface area contributed by atoms with Crippen molar-refractivity contribution in [3.8, 4) is 0 Å². The van der Waals surface area contributed by atoms with Crippen LogP contribution in [0.4, 0.5) is 19.0 Å². The van der Waals surface area contributed by atoms with Gasteiger partial charge in [0.15, 0.2) is 0 Å². The second kappa shape index (κ2) is 9.64. The second-order valence-corrected chi connectivity index (χ2v) is 9.64. The van der Waals surface area contributed by atoms with Gasteiger partial charge >= 0.3 is 6.18 Å². The number of halogens is 3. The Kier molecular flexibility index (Phi) is 6.54. The molecule has 9 nitrogen and oxygen atoms in total. The highest BCUT2D eigenvalue weighted by Gasteiger charge is 2.40. The van der Waals surface area contributed by atoms with E-state index in [0.29, 0.717) is 37.5 Å². The number of aromatic nitrogens is 2. The van der Waals surface area contributed by atoms with Crippen LogP contribution in [0.1, 0.15) is 44.1 Å². The summed E-state index contributed by atoms with van der Waals surface area (Å²) in [7, 11) is 0. The lowest BCUT2D eigenvalue weighted by Crippen LogP contribution is -2.63. The molecule has 3 heterocycles. The smallest absolute Gasteiger partial charge is 0.360 e. The van der Waals surface area contributed by atoms with Gasteiger partial charge in [0.2, 0.25) is 17.7 Å². The maximum absolute atomic E-state index is 13.1. The molecule has 1 aromatic carbocycles. The molecule has 0 radical (unpaired) electrons. The van der Waals surface area contributed by atoms with E-state index in [9.17, 15) is 27.6 Å². The molecule has 2 saturated heterocycles. The quantitative estimate of drug-likeness (QED) is 0.582. The van der Waals surface area contributed by atoms with E-state index in [1.807, 2.05) is 0 Å². The van der Waals surface area contributed by atoms with Crippen LogP contribution < -0.4 is 10.6 Å². The van der Waals surface area contributed by atoms with E-state index in [4.69, 9.17) is 0 Å². The predicted octanol–water partition coefficient (Wildman–Crippen LogP) is 2.32. The van der Waals surface area contributed by atoms with Crippen molar-refractivity contribution in [1.82, 2.24) is 25.1 Å². The van der Waals surface area contributed by atoms with Crippen LogP contribution in [-0.4, -0.2) is 75.2 Å². The summed E-state index contributed by atoms with van der Waals surface area (Å²) in [6.45, 7) is 1.31. The summed E-state index contributed by atoms with van der Waals surface area (Å²) in [5, 5.41) is 5.97. The minimum Gasteiger partial charge on any atom is -0.360 e. The molecule has 0 atom stereocenters. The summed E-state index contributed by atoms with van der Waals surface area (Å²) in [5.41, 5.74) is -0.455. The van der Waals surface area contributed by atoms with Crippen LogP contribution in [0.3, 0.4) is 0 Å². The zero-order valence-corrected chi connectivity index (χ0v) is 19.6. The summed E-state index contributed by atoms with van der Waals surface area (Å²) < 4.78 is 39.2. The molecule has 1 saturated carbocycles. The van der Waals surface area contributed by atoms with Crippen molar-refractivity contribution in [2.75, 3.05) is 25.0 Å². The standard InChI is InChI=1S/C24H27F3N6O3/c25-24(26,27)14-1-6-19-18(9-14)23(30-13-29-19)28-10-20(34)31-15-11-32(12-15)16-2-4-17(5-3-16)33-21(35)7-8-22(33)36/h1,6,9,13,15-17H,2-5,7-8,10-12H2,(H,31,34)(H,28,29,30)/t16-,17+. The molecule has 192 valence electrons. The molecule has 0 spiro atoms. The number of carbonyl (C=O) groups is 3. The van der Waals surface area contributed by atoms with Crippen LogP contribution in [-0.2, 0) is 20.6 Å². The molecule has 1 aliphatic carbocycles. The molecule has 0 unspecified atom stereocenters. The minimum absolute atomic E-state index is 0.00210. The zero-order chi connectivity index (χ0) is 25.4. The van der Waals surface area contributed by atoms with E-state index < -0.39 is 11.7 Å². The van der Waals surface area contributed by atoms with Gasteiger partial charge < -0.3 is 10.6 Å². The average molecular weight is 505 g/mol. The van der Waals surface area contributed by atoms with Gasteiger partial charge in [0.1, 0.15) is 12.1 Å². The third kappa shape index (κ3) is 4.99. The summed E-state index contributed by atoms with van der Waals surface area (Å²) in [6.07, 6.45) is 0.827. The first kappa shape index (κ1) is 24.4. The Balaban J connectivity index is 1.08. The first-order chi connectivity index (χ1) is 17.2. The Morgan fingerprint density at radius 2 is 1.67 bits per heavy atom. The Labute approximate surface area is 205 Å². The van der Waals surface area contributed by atoms with Crippen molar-refractivity contribution in [2.24, 2.45) is 0 Å². The number of alkyl halides is 3. The molecule has 5 rings (SSSR count). The van der Waals surface area contributed by atoms with Crippen molar-refractivity contribution >= 4 is 34.4 Å². The minimum atomic E-state index is -4.49. The fraction of sp³-hybridized carbons (Fsp3) is 0.542. The number of nitrogens with zero attached hydrogens (tertiary/aromatic N) is 4. The number of hydrogen-bond acceptors (Lipinski definition) is 7. The third-order valence-electron chi connectivity index (χ3n) is 7.29. The fourth-order valence-corrected chi connectivity index (χ4v) is 5.40. The number of benzene rings is 1. The van der Waals surface area contributed by atoms with E-state index in [1.165, 1.54) is 17.3 Å². The Hall–Kier alpha value is -3.28. The van der Waals surface area contributed by atoms with E-state index in [0.717, 1.165) is 37.8 Å². The zero-order valence-electron chi connectivity index (χ0n) is 19.6. The number of hydrogen-bond donors (Lipinski definition) is 2. The maximum Gasteiger partial charge on any atom is 0.416 e. The first-order valence-corrected chi connectivity index (χ1v) is 12.1. The lowest BCUT2D eigenvalue weighted by molar-refractivity contribution is -0.142. The molecule has 2 aliphatic heterocycles. The molecule has 0 bridgehead atoms.